The number of nitrogens with zero attached hydrogens (tertiary/aromatic N) is 1. The zero-order valence-corrected chi connectivity index (χ0v) is 8.70. The highest BCUT2D eigenvalue weighted by molar-refractivity contribution is 5.80. The monoisotopic (exact) mass is 188 g/mol. The van der Waals surface area contributed by atoms with E-state index in [1.54, 1.807) is 0 Å². The lowest BCUT2D eigenvalue weighted by Gasteiger charge is -2.05. The van der Waals surface area contributed by atoms with Crippen LogP contribution in [0, 0.1) is 0 Å². The number of hydrogen-bond donors (Lipinski definition) is 1. The summed E-state index contributed by atoms with van der Waals surface area (Å²) in [4.78, 5) is 0. The first kappa shape index (κ1) is 9.28. The SMILES string of the molecule is C[C@H](N)Cc1ccc2c(ccn2C)c1. The smallest absolute Gasteiger partial charge is 0.0477 e. The minimum absolute atomic E-state index is 0.233. The molecule has 1 aromatic heterocycles. The molecule has 0 aliphatic rings. The highest BCUT2D eigenvalue weighted by Crippen LogP contribution is 2.17. The summed E-state index contributed by atoms with van der Waals surface area (Å²) in [7, 11) is 2.06. The molecule has 0 saturated heterocycles. The second kappa shape index (κ2) is 3.46. The number of benzene rings is 1. The van der Waals surface area contributed by atoms with Gasteiger partial charge in [-0.05, 0) is 42.5 Å². The van der Waals surface area contributed by atoms with Crippen LogP contribution in [0.4, 0.5) is 0 Å². The highest BCUT2D eigenvalue weighted by Gasteiger charge is 2.01. The fraction of sp³-hybridized carbons (Fsp3) is 0.333. The van der Waals surface area contributed by atoms with Crippen LogP contribution in [0.1, 0.15) is 12.5 Å². The molecule has 0 fully saturated rings. The maximum atomic E-state index is 5.77. The van der Waals surface area contributed by atoms with Crippen molar-refractivity contribution in [1.82, 2.24) is 4.57 Å². The van der Waals surface area contributed by atoms with Gasteiger partial charge in [0.05, 0.1) is 0 Å². The molecule has 2 N–H and O–H groups in total. The molecule has 1 atom stereocenters. The van der Waals surface area contributed by atoms with Crippen LogP contribution in [0.25, 0.3) is 10.9 Å². The molecule has 1 aromatic carbocycles. The Morgan fingerprint density at radius 1 is 1.36 bits per heavy atom. The van der Waals surface area contributed by atoms with Crippen molar-refractivity contribution in [1.29, 1.82) is 0 Å². The molecule has 0 bridgehead atoms. The molecule has 0 spiro atoms. The predicted molar refractivity (Wildman–Crippen MR) is 60.3 cm³/mol. The van der Waals surface area contributed by atoms with E-state index < -0.39 is 0 Å². The molecule has 2 aromatic rings. The van der Waals surface area contributed by atoms with E-state index in [0.29, 0.717) is 0 Å². The number of aryl methyl sites for hydroxylation is 1. The Hall–Kier alpha value is -1.28. The van der Waals surface area contributed by atoms with Gasteiger partial charge < -0.3 is 10.3 Å². The first-order valence-corrected chi connectivity index (χ1v) is 4.96. The Balaban J connectivity index is 2.42. The second-order valence-electron chi connectivity index (χ2n) is 4.00. The standard InChI is InChI=1S/C12H16N2/c1-9(13)7-10-3-4-12-11(8-10)5-6-14(12)2/h3-6,8-9H,7,13H2,1-2H3/t9-/m0/s1. The molecule has 1 heterocycles. The van der Waals surface area contributed by atoms with Gasteiger partial charge >= 0.3 is 0 Å². The van der Waals surface area contributed by atoms with E-state index in [-0.39, 0.29) is 6.04 Å². The lowest BCUT2D eigenvalue weighted by molar-refractivity contribution is 0.739. The van der Waals surface area contributed by atoms with E-state index in [9.17, 15) is 0 Å². The van der Waals surface area contributed by atoms with Gasteiger partial charge in [0.25, 0.3) is 0 Å². The normalized spacial score (nSPS) is 13.4. The summed E-state index contributed by atoms with van der Waals surface area (Å²) in [5.74, 6) is 0. The number of fused-ring (bicyclic) bond motifs is 1. The fourth-order valence-electron chi connectivity index (χ4n) is 1.83. The van der Waals surface area contributed by atoms with Crippen LogP contribution in [0.5, 0.6) is 0 Å². The van der Waals surface area contributed by atoms with Crippen LogP contribution in [-0.4, -0.2) is 10.6 Å². The van der Waals surface area contributed by atoms with Crippen LogP contribution in [-0.2, 0) is 13.5 Å². The summed E-state index contributed by atoms with van der Waals surface area (Å²) < 4.78 is 2.13. The molecular formula is C12H16N2. The molecule has 0 radical (unpaired) electrons. The third-order valence-electron chi connectivity index (χ3n) is 2.51. The average molecular weight is 188 g/mol. The Kier molecular flexibility index (Phi) is 2.30. The minimum atomic E-state index is 0.233. The zero-order chi connectivity index (χ0) is 10.1. The first-order chi connectivity index (χ1) is 6.66. The summed E-state index contributed by atoms with van der Waals surface area (Å²) in [5, 5.41) is 1.30. The van der Waals surface area contributed by atoms with Crippen molar-refractivity contribution in [2.45, 2.75) is 19.4 Å². The summed E-state index contributed by atoms with van der Waals surface area (Å²) in [5.41, 5.74) is 8.36. The zero-order valence-electron chi connectivity index (χ0n) is 8.70. The van der Waals surface area contributed by atoms with E-state index in [1.807, 2.05) is 6.92 Å². The van der Waals surface area contributed by atoms with Crippen LogP contribution >= 0.6 is 0 Å². The van der Waals surface area contributed by atoms with Gasteiger partial charge in [-0.15, -0.1) is 0 Å². The van der Waals surface area contributed by atoms with E-state index >= 15 is 0 Å². The van der Waals surface area contributed by atoms with Crippen molar-refractivity contribution in [3.8, 4) is 0 Å². The fourth-order valence-corrected chi connectivity index (χ4v) is 1.83. The van der Waals surface area contributed by atoms with Crippen LogP contribution in [0.15, 0.2) is 30.5 Å². The summed E-state index contributed by atoms with van der Waals surface area (Å²) in [6.45, 7) is 2.04. The van der Waals surface area contributed by atoms with Gasteiger partial charge in [-0.25, -0.2) is 0 Å². The highest BCUT2D eigenvalue weighted by atomic mass is 14.9. The Bertz CT molecular complexity index is 441. The number of hydrogen-bond acceptors (Lipinski definition) is 1. The van der Waals surface area contributed by atoms with Gasteiger partial charge in [-0.3, -0.25) is 0 Å². The Morgan fingerprint density at radius 3 is 2.86 bits per heavy atom. The maximum Gasteiger partial charge on any atom is 0.0477 e. The third-order valence-corrected chi connectivity index (χ3v) is 2.51. The number of rotatable bonds is 2. The minimum Gasteiger partial charge on any atom is -0.351 e. The summed E-state index contributed by atoms with van der Waals surface area (Å²) in [6.07, 6.45) is 3.03. The third kappa shape index (κ3) is 1.66. The van der Waals surface area contributed by atoms with Gasteiger partial charge in [0.15, 0.2) is 0 Å². The summed E-state index contributed by atoms with van der Waals surface area (Å²) in [6, 6.07) is 8.91. The average Bonchev–Trinajstić information content (AvgIpc) is 2.46. The van der Waals surface area contributed by atoms with Gasteiger partial charge in [-0.1, -0.05) is 6.07 Å². The Morgan fingerprint density at radius 2 is 2.14 bits per heavy atom. The van der Waals surface area contributed by atoms with Gasteiger partial charge in [0, 0.05) is 24.8 Å². The van der Waals surface area contributed by atoms with Gasteiger partial charge in [0.2, 0.25) is 0 Å². The van der Waals surface area contributed by atoms with Crippen LogP contribution < -0.4 is 5.73 Å². The van der Waals surface area contributed by atoms with Crippen LogP contribution in [0.2, 0.25) is 0 Å². The molecule has 74 valence electrons. The lowest BCUT2D eigenvalue weighted by atomic mass is 10.1. The maximum absolute atomic E-state index is 5.77. The molecule has 0 unspecified atom stereocenters. The predicted octanol–water partition coefficient (Wildman–Crippen LogP) is 2.07. The largest absolute Gasteiger partial charge is 0.351 e. The van der Waals surface area contributed by atoms with Crippen molar-refractivity contribution in [2.24, 2.45) is 12.8 Å². The van der Waals surface area contributed by atoms with Crippen molar-refractivity contribution in [3.63, 3.8) is 0 Å². The van der Waals surface area contributed by atoms with Crippen molar-refractivity contribution < 1.29 is 0 Å². The quantitative estimate of drug-likeness (QED) is 0.768. The first-order valence-electron chi connectivity index (χ1n) is 4.96. The molecular weight excluding hydrogens is 172 g/mol. The number of aromatic nitrogens is 1. The molecule has 2 rings (SSSR count). The van der Waals surface area contributed by atoms with E-state index in [1.165, 1.54) is 16.5 Å². The molecule has 2 heteroatoms. The van der Waals surface area contributed by atoms with E-state index in [4.69, 9.17) is 5.73 Å². The molecule has 0 amide bonds. The Labute approximate surface area is 84.3 Å². The molecule has 0 aliphatic carbocycles. The molecule has 2 nitrogen and oxygen atoms in total. The van der Waals surface area contributed by atoms with Crippen molar-refractivity contribution in [2.75, 3.05) is 0 Å². The lowest BCUT2D eigenvalue weighted by Crippen LogP contribution is -2.17. The molecule has 0 aliphatic heterocycles. The molecule has 14 heavy (non-hydrogen) atoms. The van der Waals surface area contributed by atoms with Crippen LogP contribution in [0.3, 0.4) is 0 Å². The molecule has 0 saturated carbocycles. The van der Waals surface area contributed by atoms with Gasteiger partial charge in [0.1, 0.15) is 0 Å². The van der Waals surface area contributed by atoms with Crippen molar-refractivity contribution >= 4 is 10.9 Å². The number of nitrogens with two attached hydrogens (primary N) is 1. The second-order valence-corrected chi connectivity index (χ2v) is 4.00. The van der Waals surface area contributed by atoms with E-state index in [2.05, 4.69) is 42.1 Å². The summed E-state index contributed by atoms with van der Waals surface area (Å²) >= 11 is 0. The van der Waals surface area contributed by atoms with Crippen molar-refractivity contribution in [3.05, 3.63) is 36.0 Å². The topological polar surface area (TPSA) is 30.9 Å². The van der Waals surface area contributed by atoms with Gasteiger partial charge in [-0.2, -0.15) is 0 Å². The van der Waals surface area contributed by atoms with E-state index in [0.717, 1.165) is 6.42 Å².